The van der Waals surface area contributed by atoms with Crippen molar-refractivity contribution in [2.24, 2.45) is 5.73 Å². The second-order valence-corrected chi connectivity index (χ2v) is 5.98. The molecule has 0 spiro atoms. The molecule has 2 amide bonds. The highest BCUT2D eigenvalue weighted by molar-refractivity contribution is 6.03. The molecule has 0 unspecified atom stereocenters. The van der Waals surface area contributed by atoms with Gasteiger partial charge in [0.05, 0.1) is 16.7 Å². The zero-order valence-corrected chi connectivity index (χ0v) is 15.0. The second kappa shape index (κ2) is 6.99. The molecule has 8 heteroatoms. The van der Waals surface area contributed by atoms with Crippen LogP contribution in [0.3, 0.4) is 0 Å². The molecule has 0 aliphatic carbocycles. The maximum atomic E-state index is 12.6. The highest BCUT2D eigenvalue weighted by atomic mass is 16.4. The van der Waals surface area contributed by atoms with Gasteiger partial charge in [0.1, 0.15) is 0 Å². The van der Waals surface area contributed by atoms with Gasteiger partial charge in [-0.25, -0.2) is 9.97 Å². The van der Waals surface area contributed by atoms with E-state index in [1.807, 2.05) is 18.4 Å². The highest BCUT2D eigenvalue weighted by Gasteiger charge is 2.20. The van der Waals surface area contributed by atoms with Crippen LogP contribution in [0.15, 0.2) is 22.6 Å². The minimum atomic E-state index is -0.521. The van der Waals surface area contributed by atoms with E-state index in [-0.39, 0.29) is 5.76 Å². The quantitative estimate of drug-likeness (QED) is 0.705. The van der Waals surface area contributed by atoms with Crippen molar-refractivity contribution in [3.8, 4) is 0 Å². The Morgan fingerprint density at radius 2 is 2.04 bits per heavy atom. The van der Waals surface area contributed by atoms with Crippen LogP contribution in [0.4, 0.5) is 5.95 Å². The number of rotatable bonds is 6. The lowest BCUT2D eigenvalue weighted by atomic mass is 10.2. The van der Waals surface area contributed by atoms with Gasteiger partial charge in [-0.05, 0) is 31.5 Å². The summed E-state index contributed by atoms with van der Waals surface area (Å²) in [6.07, 6.45) is 1.46. The number of primary amides is 1. The third-order valence-electron chi connectivity index (χ3n) is 4.05. The van der Waals surface area contributed by atoms with Gasteiger partial charge in [-0.2, -0.15) is 0 Å². The summed E-state index contributed by atoms with van der Waals surface area (Å²) in [6, 6.07) is 5.05. The maximum absolute atomic E-state index is 12.6. The third kappa shape index (κ3) is 3.17. The summed E-state index contributed by atoms with van der Waals surface area (Å²) in [5.41, 5.74) is 7.65. The number of carbonyl (C=O) groups is 2. The molecular formula is C18H21N5O3. The average Bonchev–Trinajstić information content (AvgIpc) is 3.15. The van der Waals surface area contributed by atoms with E-state index < -0.39 is 11.8 Å². The van der Waals surface area contributed by atoms with Crippen molar-refractivity contribution < 1.29 is 14.0 Å². The van der Waals surface area contributed by atoms with E-state index in [4.69, 9.17) is 10.2 Å². The van der Waals surface area contributed by atoms with E-state index >= 15 is 0 Å². The van der Waals surface area contributed by atoms with Crippen LogP contribution in [0.2, 0.25) is 0 Å². The number of amides is 2. The van der Waals surface area contributed by atoms with Crippen LogP contribution < -0.4 is 11.1 Å². The number of carbonyl (C=O) groups excluding carboxylic acids is 2. The normalized spacial score (nSPS) is 11.0. The lowest BCUT2D eigenvalue weighted by Gasteiger charge is -2.08. The molecule has 2 heterocycles. The SMILES string of the molecule is CCCn1c(NC(=O)c2oc(CC)nc2C)nc2cc(C(N)=O)ccc21. The molecule has 0 radical (unpaired) electrons. The number of nitrogens with one attached hydrogen (secondary N) is 1. The number of aromatic nitrogens is 3. The molecule has 0 aliphatic rings. The van der Waals surface area contributed by atoms with Crippen LogP contribution in [-0.2, 0) is 13.0 Å². The van der Waals surface area contributed by atoms with Crippen molar-refractivity contribution in [2.45, 2.75) is 40.2 Å². The molecule has 0 aliphatic heterocycles. The molecule has 3 rings (SSSR count). The third-order valence-corrected chi connectivity index (χ3v) is 4.05. The Balaban J connectivity index is 2.00. The van der Waals surface area contributed by atoms with Crippen LogP contribution in [0.25, 0.3) is 11.0 Å². The van der Waals surface area contributed by atoms with E-state index in [2.05, 4.69) is 15.3 Å². The Morgan fingerprint density at radius 3 is 2.65 bits per heavy atom. The number of hydrogen-bond donors (Lipinski definition) is 2. The van der Waals surface area contributed by atoms with Crippen LogP contribution in [0.5, 0.6) is 0 Å². The van der Waals surface area contributed by atoms with Crippen molar-refractivity contribution in [3.05, 3.63) is 41.1 Å². The summed E-state index contributed by atoms with van der Waals surface area (Å²) in [6.45, 7) is 6.33. The van der Waals surface area contributed by atoms with Gasteiger partial charge in [0, 0.05) is 18.5 Å². The monoisotopic (exact) mass is 355 g/mol. The summed E-state index contributed by atoms with van der Waals surface area (Å²) >= 11 is 0. The number of hydrogen-bond acceptors (Lipinski definition) is 5. The number of imidazole rings is 1. The number of nitrogens with two attached hydrogens (primary N) is 1. The van der Waals surface area contributed by atoms with Crippen LogP contribution >= 0.6 is 0 Å². The van der Waals surface area contributed by atoms with Crippen molar-refractivity contribution in [2.75, 3.05) is 5.32 Å². The standard InChI is InChI=1S/C18H21N5O3/c1-4-8-23-13-7-6-11(16(19)24)9-12(13)21-18(23)22-17(25)15-10(3)20-14(5-2)26-15/h6-7,9H,4-5,8H2,1-3H3,(H2,19,24)(H,21,22,25). The number of nitrogens with zero attached hydrogens (tertiary/aromatic N) is 3. The summed E-state index contributed by atoms with van der Waals surface area (Å²) in [7, 11) is 0. The number of fused-ring (bicyclic) bond motifs is 1. The Labute approximate surface area is 150 Å². The number of benzene rings is 1. The zero-order chi connectivity index (χ0) is 18.8. The van der Waals surface area contributed by atoms with Crippen molar-refractivity contribution >= 4 is 28.8 Å². The van der Waals surface area contributed by atoms with E-state index in [0.717, 1.165) is 11.9 Å². The highest BCUT2D eigenvalue weighted by Crippen LogP contribution is 2.23. The van der Waals surface area contributed by atoms with Gasteiger partial charge >= 0.3 is 0 Å². The van der Waals surface area contributed by atoms with Crippen molar-refractivity contribution in [1.29, 1.82) is 0 Å². The van der Waals surface area contributed by atoms with Gasteiger partial charge in [-0.3, -0.25) is 14.9 Å². The van der Waals surface area contributed by atoms with E-state index in [1.54, 1.807) is 25.1 Å². The molecule has 0 fully saturated rings. The Bertz CT molecular complexity index is 986. The molecule has 26 heavy (non-hydrogen) atoms. The van der Waals surface area contributed by atoms with E-state index in [1.165, 1.54) is 0 Å². The van der Waals surface area contributed by atoms with Crippen LogP contribution in [0.1, 0.15) is 52.8 Å². The van der Waals surface area contributed by atoms with Gasteiger partial charge in [0.15, 0.2) is 5.89 Å². The first-order valence-corrected chi connectivity index (χ1v) is 8.52. The summed E-state index contributed by atoms with van der Waals surface area (Å²) in [4.78, 5) is 32.7. The zero-order valence-electron chi connectivity index (χ0n) is 15.0. The van der Waals surface area contributed by atoms with Gasteiger partial charge in [0.25, 0.3) is 5.91 Å². The van der Waals surface area contributed by atoms with E-state index in [0.29, 0.717) is 41.6 Å². The predicted molar refractivity (Wildman–Crippen MR) is 97.1 cm³/mol. The fraction of sp³-hybridized carbons (Fsp3) is 0.333. The molecule has 3 aromatic rings. The molecule has 1 aromatic carbocycles. The van der Waals surface area contributed by atoms with Gasteiger partial charge in [-0.1, -0.05) is 13.8 Å². The van der Waals surface area contributed by atoms with Crippen molar-refractivity contribution in [1.82, 2.24) is 14.5 Å². The first-order valence-electron chi connectivity index (χ1n) is 8.52. The van der Waals surface area contributed by atoms with Gasteiger partial charge in [-0.15, -0.1) is 0 Å². The lowest BCUT2D eigenvalue weighted by molar-refractivity contribution is 0.0988. The molecular weight excluding hydrogens is 334 g/mol. The molecule has 0 bridgehead atoms. The fourth-order valence-electron chi connectivity index (χ4n) is 2.80. The Kier molecular flexibility index (Phi) is 4.75. The minimum Gasteiger partial charge on any atom is -0.435 e. The topological polar surface area (TPSA) is 116 Å². The number of oxazole rings is 1. The first kappa shape index (κ1) is 17.7. The summed E-state index contributed by atoms with van der Waals surface area (Å²) < 4.78 is 7.39. The summed E-state index contributed by atoms with van der Waals surface area (Å²) in [5, 5.41) is 2.79. The van der Waals surface area contributed by atoms with Crippen molar-refractivity contribution in [3.63, 3.8) is 0 Å². The van der Waals surface area contributed by atoms with Gasteiger partial charge < -0.3 is 14.7 Å². The Hall–Kier alpha value is -3.16. The maximum Gasteiger partial charge on any atom is 0.295 e. The minimum absolute atomic E-state index is 0.176. The second-order valence-electron chi connectivity index (χ2n) is 5.98. The number of anilines is 1. The fourth-order valence-corrected chi connectivity index (χ4v) is 2.80. The molecule has 0 saturated heterocycles. The average molecular weight is 355 g/mol. The predicted octanol–water partition coefficient (Wildman–Crippen LogP) is 2.66. The molecule has 0 atom stereocenters. The van der Waals surface area contributed by atoms with Crippen LogP contribution in [-0.4, -0.2) is 26.3 Å². The molecule has 136 valence electrons. The Morgan fingerprint density at radius 1 is 1.27 bits per heavy atom. The van der Waals surface area contributed by atoms with Crippen LogP contribution in [0, 0.1) is 6.92 Å². The number of aryl methyl sites for hydroxylation is 3. The largest absolute Gasteiger partial charge is 0.435 e. The molecule has 0 saturated carbocycles. The first-order chi connectivity index (χ1) is 12.4. The molecule has 3 N–H and O–H groups in total. The molecule has 2 aromatic heterocycles. The smallest absolute Gasteiger partial charge is 0.295 e. The van der Waals surface area contributed by atoms with E-state index in [9.17, 15) is 9.59 Å². The summed E-state index contributed by atoms with van der Waals surface area (Å²) in [5.74, 6) is 0.155. The molecule has 8 nitrogen and oxygen atoms in total. The lowest BCUT2D eigenvalue weighted by Crippen LogP contribution is -2.16. The van der Waals surface area contributed by atoms with Gasteiger partial charge in [0.2, 0.25) is 17.6 Å².